The largest absolute Gasteiger partial charge is 0.454 e. The summed E-state index contributed by atoms with van der Waals surface area (Å²) >= 11 is 4.97. The van der Waals surface area contributed by atoms with Crippen LogP contribution in [0.5, 0.6) is 11.5 Å². The third kappa shape index (κ3) is 6.65. The summed E-state index contributed by atoms with van der Waals surface area (Å²) in [6, 6.07) is 24.7. The van der Waals surface area contributed by atoms with Crippen molar-refractivity contribution in [3.63, 3.8) is 0 Å². The van der Waals surface area contributed by atoms with Crippen molar-refractivity contribution in [3.8, 4) is 22.9 Å². The Morgan fingerprint density at radius 1 is 0.981 bits per heavy atom. The minimum Gasteiger partial charge on any atom is -0.454 e. The minimum absolute atomic E-state index is 0.0180. The highest BCUT2D eigenvalue weighted by molar-refractivity contribution is 9.10. The molecule has 0 spiro atoms. The molecule has 0 saturated heterocycles. The van der Waals surface area contributed by atoms with Crippen LogP contribution in [0.2, 0.25) is 0 Å². The number of fused-ring (bicyclic) bond motifs is 10. The van der Waals surface area contributed by atoms with Crippen LogP contribution < -0.4 is 4.74 Å². The second-order valence-corrected chi connectivity index (χ2v) is 17.4. The smallest absolute Gasteiger partial charge is 0.168 e. The van der Waals surface area contributed by atoms with Crippen LogP contribution in [0.3, 0.4) is 0 Å². The minimum atomic E-state index is -3.75. The molecular weight excluding hydrogens is 784 g/mol. The molecule has 1 unspecified atom stereocenters. The number of aryl methyl sites for hydroxylation is 1. The van der Waals surface area contributed by atoms with Crippen LogP contribution in [0.25, 0.3) is 22.3 Å². The van der Waals surface area contributed by atoms with Crippen LogP contribution in [0.15, 0.2) is 100 Å². The summed E-state index contributed by atoms with van der Waals surface area (Å²) < 4.78 is 71.7. The maximum atomic E-state index is 16.4. The molecule has 7 aromatic rings. The molecule has 3 aromatic heterocycles. The highest BCUT2D eigenvalue weighted by Crippen LogP contribution is 2.41. The van der Waals surface area contributed by atoms with E-state index in [4.69, 9.17) is 14.8 Å². The van der Waals surface area contributed by atoms with Crippen LogP contribution in [0.1, 0.15) is 41.7 Å². The highest BCUT2D eigenvalue weighted by atomic mass is 79.9. The highest BCUT2D eigenvalue weighted by Gasteiger charge is 2.36. The molecular formula is C38H32BrF2N7O3S2. The van der Waals surface area contributed by atoms with Crippen molar-refractivity contribution in [3.05, 3.63) is 136 Å². The monoisotopic (exact) mass is 815 g/mol. The van der Waals surface area contributed by atoms with E-state index >= 15 is 8.78 Å². The summed E-state index contributed by atoms with van der Waals surface area (Å²) in [7, 11) is -2.10. The number of sulfone groups is 1. The Morgan fingerprint density at radius 2 is 1.79 bits per heavy atom. The Bertz CT molecular complexity index is 2640. The van der Waals surface area contributed by atoms with Crippen LogP contribution in [0, 0.1) is 18.6 Å². The molecule has 4 heterocycles. The number of rotatable bonds is 3. The van der Waals surface area contributed by atoms with Crippen molar-refractivity contribution < 1.29 is 21.9 Å². The van der Waals surface area contributed by atoms with E-state index in [1.54, 1.807) is 18.7 Å². The molecule has 1 atom stereocenters. The first-order valence-electron chi connectivity index (χ1n) is 16.7. The molecule has 6 bridgehead atoms. The van der Waals surface area contributed by atoms with Crippen molar-refractivity contribution >= 4 is 48.6 Å². The standard InChI is InChI=1S/C38H32BrF2N7O3S2/c1-23-33-22-53(49,50)17-15-38(2,24-8-7-9-25(39)18-24)37-42-36(46(3)44-37)29-19-26(12-13-31(29)40)51-35-30(21-47(23)45-43-33)28-14-16-48(34(28)20-32(35)41)52-27-10-5-4-6-11-27/h4-14,16,18-20H,15,17,21-22H2,1-3H3. The second kappa shape index (κ2) is 13.5. The number of aromatic nitrogens is 7. The zero-order valence-electron chi connectivity index (χ0n) is 28.8. The topological polar surface area (TPSA) is 110 Å². The van der Waals surface area contributed by atoms with Gasteiger partial charge < -0.3 is 4.74 Å². The lowest BCUT2D eigenvalue weighted by Gasteiger charge is -2.27. The van der Waals surface area contributed by atoms with Gasteiger partial charge in [0.1, 0.15) is 17.3 Å². The van der Waals surface area contributed by atoms with Gasteiger partial charge in [0.15, 0.2) is 33.1 Å². The Hall–Kier alpha value is -4.86. The summed E-state index contributed by atoms with van der Waals surface area (Å²) in [5, 5.41) is 14.0. The normalized spacial score (nSPS) is 17.2. The van der Waals surface area contributed by atoms with Crippen molar-refractivity contribution in [2.75, 3.05) is 5.75 Å². The van der Waals surface area contributed by atoms with Crippen LogP contribution in [-0.4, -0.2) is 47.9 Å². The third-order valence-electron chi connectivity index (χ3n) is 9.69. The predicted molar refractivity (Wildman–Crippen MR) is 203 cm³/mol. The molecule has 0 radical (unpaired) electrons. The maximum absolute atomic E-state index is 16.4. The van der Waals surface area contributed by atoms with Gasteiger partial charge in [-0.1, -0.05) is 51.5 Å². The molecule has 15 heteroatoms. The SMILES string of the molecule is Cc1c2nnn1Cc1c(c(F)cc3c1ccn3Sc1ccccc1)Oc1ccc(F)c(c1)-c1nc(nn1C)C(C)(c1cccc(Br)c1)CCS(=O)(=O)C2. The molecule has 0 amide bonds. The lowest BCUT2D eigenvalue weighted by atomic mass is 9.79. The van der Waals surface area contributed by atoms with Crippen molar-refractivity contribution in [1.29, 1.82) is 0 Å². The summed E-state index contributed by atoms with van der Waals surface area (Å²) in [5.74, 6) is -1.18. The summed E-state index contributed by atoms with van der Waals surface area (Å²) in [4.78, 5) is 5.78. The molecule has 4 aromatic carbocycles. The quantitative estimate of drug-likeness (QED) is 0.175. The van der Waals surface area contributed by atoms with E-state index in [9.17, 15) is 8.42 Å². The number of nitrogens with zero attached hydrogens (tertiary/aromatic N) is 7. The van der Waals surface area contributed by atoms with Gasteiger partial charge in [-0.05, 0) is 86.3 Å². The molecule has 0 aliphatic carbocycles. The lowest BCUT2D eigenvalue weighted by molar-refractivity contribution is 0.433. The molecule has 270 valence electrons. The second-order valence-electron chi connectivity index (χ2n) is 13.2. The molecule has 1 aliphatic heterocycles. The molecule has 8 rings (SSSR count). The first-order chi connectivity index (χ1) is 25.4. The van der Waals surface area contributed by atoms with E-state index in [0.717, 1.165) is 14.9 Å². The van der Waals surface area contributed by atoms with Crippen molar-refractivity contribution in [2.45, 2.75) is 42.9 Å². The Labute approximate surface area is 317 Å². The van der Waals surface area contributed by atoms with E-state index in [-0.39, 0.29) is 47.4 Å². The van der Waals surface area contributed by atoms with Crippen LogP contribution in [-0.2, 0) is 34.6 Å². The average molecular weight is 817 g/mol. The van der Waals surface area contributed by atoms with E-state index in [0.29, 0.717) is 33.7 Å². The van der Waals surface area contributed by atoms with E-state index in [2.05, 4.69) is 26.2 Å². The number of halogens is 3. The fourth-order valence-electron chi connectivity index (χ4n) is 6.61. The Morgan fingerprint density at radius 3 is 2.58 bits per heavy atom. The Kier molecular flexibility index (Phi) is 8.98. The summed E-state index contributed by atoms with van der Waals surface area (Å²) in [6.45, 7) is 3.64. The van der Waals surface area contributed by atoms with E-state index in [1.165, 1.54) is 40.9 Å². The molecule has 10 nitrogen and oxygen atoms in total. The predicted octanol–water partition coefficient (Wildman–Crippen LogP) is 8.40. The molecule has 0 saturated carbocycles. The van der Waals surface area contributed by atoms with Crippen molar-refractivity contribution in [2.24, 2.45) is 7.05 Å². The van der Waals surface area contributed by atoms with Crippen molar-refractivity contribution in [1.82, 2.24) is 33.7 Å². The van der Waals surface area contributed by atoms with Gasteiger partial charge in [0.2, 0.25) is 0 Å². The Balaban J connectivity index is 1.31. The maximum Gasteiger partial charge on any atom is 0.168 e. The lowest BCUT2D eigenvalue weighted by Crippen LogP contribution is -2.29. The first-order valence-corrected chi connectivity index (χ1v) is 20.1. The number of hydrogen-bond donors (Lipinski definition) is 0. The van der Waals surface area contributed by atoms with Gasteiger partial charge in [-0.25, -0.2) is 31.5 Å². The number of benzene rings is 4. The number of ether oxygens (including phenoxy) is 1. The fraction of sp³-hybridized carbons (Fsp3) is 0.211. The van der Waals surface area contributed by atoms with Gasteiger partial charge in [0.05, 0.1) is 40.2 Å². The zero-order chi connectivity index (χ0) is 37.1. The van der Waals surface area contributed by atoms with Gasteiger partial charge in [0.25, 0.3) is 0 Å². The average Bonchev–Trinajstić information content (AvgIpc) is 3.82. The summed E-state index contributed by atoms with van der Waals surface area (Å²) in [5.41, 5.74) is 1.74. The van der Waals surface area contributed by atoms with E-state index < -0.39 is 26.9 Å². The van der Waals surface area contributed by atoms with Gasteiger partial charge in [0, 0.05) is 39.6 Å². The molecule has 0 N–H and O–H groups in total. The molecule has 53 heavy (non-hydrogen) atoms. The first kappa shape index (κ1) is 35.2. The molecule has 0 fully saturated rings. The van der Waals surface area contributed by atoms with Gasteiger partial charge in [-0.15, -0.1) is 5.10 Å². The van der Waals surface area contributed by atoms with Gasteiger partial charge in [-0.3, -0.25) is 3.97 Å². The van der Waals surface area contributed by atoms with E-state index in [1.807, 2.05) is 77.8 Å². The molecule has 1 aliphatic rings. The van der Waals surface area contributed by atoms with Crippen LogP contribution in [0.4, 0.5) is 8.78 Å². The summed E-state index contributed by atoms with van der Waals surface area (Å²) in [6.07, 6.45) is 1.99. The zero-order valence-corrected chi connectivity index (χ0v) is 32.0. The fourth-order valence-corrected chi connectivity index (χ4v) is 9.44. The third-order valence-corrected chi connectivity index (χ3v) is 12.7. The van der Waals surface area contributed by atoms with Gasteiger partial charge >= 0.3 is 0 Å². The van der Waals surface area contributed by atoms with Crippen LogP contribution >= 0.6 is 27.9 Å². The number of hydrogen-bond acceptors (Lipinski definition) is 8. The van der Waals surface area contributed by atoms with Gasteiger partial charge in [-0.2, -0.15) is 5.10 Å².